The molecule has 0 unspecified atom stereocenters. The highest BCUT2D eigenvalue weighted by atomic mass is 15.2. The van der Waals surface area contributed by atoms with Crippen molar-refractivity contribution in [2.24, 2.45) is 0 Å². The molecule has 3 aromatic rings. The van der Waals surface area contributed by atoms with Crippen molar-refractivity contribution in [1.82, 2.24) is 0 Å². The zero-order valence-electron chi connectivity index (χ0n) is 13.0. The van der Waals surface area contributed by atoms with Gasteiger partial charge in [0, 0.05) is 17.9 Å². The predicted molar refractivity (Wildman–Crippen MR) is 99.0 cm³/mol. The maximum atomic E-state index is 2.40. The van der Waals surface area contributed by atoms with Gasteiger partial charge in [0.05, 0.1) is 0 Å². The van der Waals surface area contributed by atoms with Crippen LogP contribution < -0.4 is 4.90 Å². The summed E-state index contributed by atoms with van der Waals surface area (Å²) in [6.45, 7) is 1.07. The standard InChI is InChI=1S/C22H19N/c1-2-6-18(7-3-1)10-11-19-12-14-21(15-13-19)23-17-16-20-8-4-5-9-22(20)23/h1-15H,16-17H2. The zero-order chi connectivity index (χ0) is 15.5. The van der Waals surface area contributed by atoms with E-state index >= 15 is 0 Å². The van der Waals surface area contributed by atoms with E-state index in [0.29, 0.717) is 0 Å². The maximum absolute atomic E-state index is 2.40. The molecular formula is C22H19N. The second kappa shape index (κ2) is 6.13. The van der Waals surface area contributed by atoms with Crippen LogP contribution in [0.5, 0.6) is 0 Å². The fraction of sp³-hybridized carbons (Fsp3) is 0.0909. The molecule has 112 valence electrons. The topological polar surface area (TPSA) is 3.24 Å². The van der Waals surface area contributed by atoms with Gasteiger partial charge in [-0.15, -0.1) is 0 Å². The Morgan fingerprint density at radius 2 is 1.30 bits per heavy atom. The average molecular weight is 297 g/mol. The summed E-state index contributed by atoms with van der Waals surface area (Å²) in [5.74, 6) is 0. The normalized spacial score (nSPS) is 13.5. The van der Waals surface area contributed by atoms with E-state index in [1.165, 1.54) is 28.1 Å². The number of hydrogen-bond donors (Lipinski definition) is 0. The second-order valence-corrected chi connectivity index (χ2v) is 5.87. The molecule has 1 nitrogen and oxygen atoms in total. The number of para-hydroxylation sites is 1. The fourth-order valence-corrected chi connectivity index (χ4v) is 3.13. The summed E-state index contributed by atoms with van der Waals surface area (Å²) < 4.78 is 0. The molecule has 4 rings (SSSR count). The Kier molecular flexibility index (Phi) is 3.69. The Bertz CT molecular complexity index is 816. The first-order chi connectivity index (χ1) is 11.4. The Morgan fingerprint density at radius 3 is 2.09 bits per heavy atom. The van der Waals surface area contributed by atoms with Crippen molar-refractivity contribution < 1.29 is 0 Å². The molecule has 0 N–H and O–H groups in total. The number of nitrogens with zero attached hydrogens (tertiary/aromatic N) is 1. The summed E-state index contributed by atoms with van der Waals surface area (Å²) in [5, 5.41) is 0. The van der Waals surface area contributed by atoms with Crippen molar-refractivity contribution >= 4 is 23.5 Å². The van der Waals surface area contributed by atoms with Crippen LogP contribution in [0.15, 0.2) is 78.9 Å². The van der Waals surface area contributed by atoms with Gasteiger partial charge in [0.1, 0.15) is 0 Å². The van der Waals surface area contributed by atoms with Crippen LogP contribution in [0, 0.1) is 0 Å². The number of rotatable bonds is 3. The van der Waals surface area contributed by atoms with E-state index in [1.807, 2.05) is 6.07 Å². The highest BCUT2D eigenvalue weighted by molar-refractivity contribution is 5.73. The molecule has 3 aromatic carbocycles. The molecule has 0 bridgehead atoms. The summed E-state index contributed by atoms with van der Waals surface area (Å²) in [6.07, 6.45) is 5.45. The first-order valence-electron chi connectivity index (χ1n) is 8.09. The monoisotopic (exact) mass is 297 g/mol. The van der Waals surface area contributed by atoms with E-state index in [1.54, 1.807) is 0 Å². The summed E-state index contributed by atoms with van der Waals surface area (Å²) in [4.78, 5) is 2.40. The number of fused-ring (bicyclic) bond motifs is 1. The third kappa shape index (κ3) is 2.91. The molecule has 0 saturated heterocycles. The lowest BCUT2D eigenvalue weighted by molar-refractivity contribution is 0.998. The van der Waals surface area contributed by atoms with Crippen LogP contribution in [0.25, 0.3) is 12.2 Å². The predicted octanol–water partition coefficient (Wildman–Crippen LogP) is 5.55. The minimum Gasteiger partial charge on any atom is -0.341 e. The van der Waals surface area contributed by atoms with Gasteiger partial charge in [-0.25, -0.2) is 0 Å². The van der Waals surface area contributed by atoms with Crippen LogP contribution >= 0.6 is 0 Å². The molecular weight excluding hydrogens is 278 g/mol. The number of benzene rings is 3. The van der Waals surface area contributed by atoms with Crippen LogP contribution in [0.2, 0.25) is 0 Å². The van der Waals surface area contributed by atoms with Gasteiger partial charge in [0.2, 0.25) is 0 Å². The van der Waals surface area contributed by atoms with Crippen molar-refractivity contribution in [2.45, 2.75) is 6.42 Å². The molecule has 0 atom stereocenters. The molecule has 1 aliphatic heterocycles. The quantitative estimate of drug-likeness (QED) is 0.573. The van der Waals surface area contributed by atoms with Crippen molar-refractivity contribution in [3.05, 3.63) is 95.6 Å². The Balaban J connectivity index is 1.54. The molecule has 0 spiro atoms. The number of hydrogen-bond acceptors (Lipinski definition) is 1. The van der Waals surface area contributed by atoms with Crippen LogP contribution in [-0.2, 0) is 6.42 Å². The summed E-state index contributed by atoms with van der Waals surface area (Å²) >= 11 is 0. The van der Waals surface area contributed by atoms with Crippen molar-refractivity contribution in [3.8, 4) is 0 Å². The Hall–Kier alpha value is -2.80. The molecule has 0 saturated carbocycles. The lowest BCUT2D eigenvalue weighted by Crippen LogP contribution is -2.12. The first kappa shape index (κ1) is 13.8. The van der Waals surface area contributed by atoms with Gasteiger partial charge in [-0.3, -0.25) is 0 Å². The molecule has 0 radical (unpaired) electrons. The molecule has 0 aliphatic carbocycles. The summed E-state index contributed by atoms with van der Waals surface area (Å²) in [7, 11) is 0. The van der Waals surface area contributed by atoms with Crippen molar-refractivity contribution in [2.75, 3.05) is 11.4 Å². The lowest BCUT2D eigenvalue weighted by atomic mass is 10.1. The highest BCUT2D eigenvalue weighted by Crippen LogP contribution is 2.34. The third-order valence-corrected chi connectivity index (χ3v) is 4.36. The molecule has 0 fully saturated rings. The van der Waals surface area contributed by atoms with E-state index in [-0.39, 0.29) is 0 Å². The SMILES string of the molecule is C(=Cc1ccc(N2CCc3ccccc32)cc1)c1ccccc1. The Labute approximate surface area is 137 Å². The van der Waals surface area contributed by atoms with Crippen molar-refractivity contribution in [1.29, 1.82) is 0 Å². The minimum absolute atomic E-state index is 1.07. The van der Waals surface area contributed by atoms with Crippen LogP contribution in [0.1, 0.15) is 16.7 Å². The van der Waals surface area contributed by atoms with Gasteiger partial charge in [0.15, 0.2) is 0 Å². The molecule has 1 heterocycles. The van der Waals surface area contributed by atoms with Gasteiger partial charge in [0.25, 0.3) is 0 Å². The van der Waals surface area contributed by atoms with E-state index < -0.39 is 0 Å². The maximum Gasteiger partial charge on any atom is 0.0444 e. The minimum atomic E-state index is 1.07. The van der Waals surface area contributed by atoms with Gasteiger partial charge in [-0.05, 0) is 41.3 Å². The average Bonchev–Trinajstić information content (AvgIpc) is 3.05. The lowest BCUT2D eigenvalue weighted by Gasteiger charge is -2.19. The van der Waals surface area contributed by atoms with Crippen LogP contribution in [0.4, 0.5) is 11.4 Å². The van der Waals surface area contributed by atoms with E-state index in [4.69, 9.17) is 0 Å². The largest absolute Gasteiger partial charge is 0.341 e. The molecule has 0 aromatic heterocycles. The smallest absolute Gasteiger partial charge is 0.0444 e. The third-order valence-electron chi connectivity index (χ3n) is 4.36. The molecule has 23 heavy (non-hydrogen) atoms. The summed E-state index contributed by atoms with van der Waals surface area (Å²) in [5.41, 5.74) is 6.52. The summed E-state index contributed by atoms with van der Waals surface area (Å²) in [6, 6.07) is 27.9. The van der Waals surface area contributed by atoms with E-state index in [0.717, 1.165) is 13.0 Å². The Morgan fingerprint density at radius 1 is 0.652 bits per heavy atom. The number of anilines is 2. The molecule has 1 heteroatoms. The van der Waals surface area contributed by atoms with Gasteiger partial charge in [-0.1, -0.05) is 72.8 Å². The van der Waals surface area contributed by atoms with E-state index in [2.05, 4.69) is 89.8 Å². The van der Waals surface area contributed by atoms with Gasteiger partial charge in [-0.2, -0.15) is 0 Å². The van der Waals surface area contributed by atoms with Crippen LogP contribution in [-0.4, -0.2) is 6.54 Å². The highest BCUT2D eigenvalue weighted by Gasteiger charge is 2.19. The molecule has 1 aliphatic rings. The fourth-order valence-electron chi connectivity index (χ4n) is 3.13. The van der Waals surface area contributed by atoms with Gasteiger partial charge >= 0.3 is 0 Å². The second-order valence-electron chi connectivity index (χ2n) is 5.87. The first-order valence-corrected chi connectivity index (χ1v) is 8.09. The van der Waals surface area contributed by atoms with Crippen LogP contribution in [0.3, 0.4) is 0 Å². The van der Waals surface area contributed by atoms with Crippen molar-refractivity contribution in [3.63, 3.8) is 0 Å². The van der Waals surface area contributed by atoms with Gasteiger partial charge < -0.3 is 4.90 Å². The zero-order valence-corrected chi connectivity index (χ0v) is 13.0. The molecule has 0 amide bonds. The van der Waals surface area contributed by atoms with E-state index in [9.17, 15) is 0 Å².